The number of para-hydroxylation sites is 1. The molecule has 2 heterocycles. The van der Waals surface area contributed by atoms with Gasteiger partial charge in [0.15, 0.2) is 6.10 Å². The standard InChI is InChI=1S/C14H11F3N4O/c15-14(16,17)13-10(7-21-8-19-12(6-18)20-21)5-9-3-1-2-4-11(9)22-13/h1-4,8,10,13H,5,7H2/t10-,13+/m0/s1. The number of nitrogens with zero attached hydrogens (tertiary/aromatic N) is 4. The number of fused-ring (bicyclic) bond motifs is 1. The van der Waals surface area contributed by atoms with Crippen LogP contribution in [0.15, 0.2) is 30.6 Å². The first-order chi connectivity index (χ1) is 10.5. The highest BCUT2D eigenvalue weighted by molar-refractivity contribution is 5.36. The van der Waals surface area contributed by atoms with Gasteiger partial charge in [-0.3, -0.25) is 4.68 Å². The van der Waals surface area contributed by atoms with Crippen molar-refractivity contribution in [1.29, 1.82) is 5.26 Å². The van der Waals surface area contributed by atoms with Gasteiger partial charge in [-0.05, 0) is 18.1 Å². The topological polar surface area (TPSA) is 63.7 Å². The van der Waals surface area contributed by atoms with Crippen molar-refractivity contribution in [2.24, 2.45) is 5.92 Å². The Morgan fingerprint density at radius 2 is 2.14 bits per heavy atom. The van der Waals surface area contributed by atoms with E-state index in [0.29, 0.717) is 0 Å². The summed E-state index contributed by atoms with van der Waals surface area (Å²) in [4.78, 5) is 3.70. The van der Waals surface area contributed by atoms with E-state index in [1.165, 1.54) is 17.1 Å². The van der Waals surface area contributed by atoms with E-state index in [-0.39, 0.29) is 24.5 Å². The maximum atomic E-state index is 13.2. The Hall–Kier alpha value is -2.56. The zero-order valence-corrected chi connectivity index (χ0v) is 11.3. The highest BCUT2D eigenvalue weighted by atomic mass is 19.4. The molecule has 0 aliphatic carbocycles. The van der Waals surface area contributed by atoms with E-state index < -0.39 is 18.2 Å². The van der Waals surface area contributed by atoms with Gasteiger partial charge in [0, 0.05) is 12.5 Å². The summed E-state index contributed by atoms with van der Waals surface area (Å²) in [6.07, 6.45) is -4.90. The summed E-state index contributed by atoms with van der Waals surface area (Å²) in [6.45, 7) is -0.0206. The summed E-state index contributed by atoms with van der Waals surface area (Å²) in [5.41, 5.74) is 0.730. The van der Waals surface area contributed by atoms with Crippen LogP contribution in [-0.2, 0) is 13.0 Å². The Morgan fingerprint density at radius 1 is 1.36 bits per heavy atom. The summed E-state index contributed by atoms with van der Waals surface area (Å²) >= 11 is 0. The van der Waals surface area contributed by atoms with Crippen LogP contribution in [0.5, 0.6) is 5.75 Å². The number of rotatable bonds is 2. The Morgan fingerprint density at radius 3 is 2.82 bits per heavy atom. The molecule has 2 aromatic rings. The van der Waals surface area contributed by atoms with E-state index in [9.17, 15) is 13.2 Å². The number of benzene rings is 1. The van der Waals surface area contributed by atoms with Crippen molar-refractivity contribution in [3.8, 4) is 11.8 Å². The molecule has 1 aromatic carbocycles. The third-order valence-electron chi connectivity index (χ3n) is 3.52. The van der Waals surface area contributed by atoms with Crippen LogP contribution >= 0.6 is 0 Å². The maximum Gasteiger partial charge on any atom is 0.425 e. The summed E-state index contributed by atoms with van der Waals surface area (Å²) in [7, 11) is 0. The van der Waals surface area contributed by atoms with E-state index in [4.69, 9.17) is 10.00 Å². The monoisotopic (exact) mass is 308 g/mol. The average molecular weight is 308 g/mol. The van der Waals surface area contributed by atoms with Crippen molar-refractivity contribution in [1.82, 2.24) is 14.8 Å². The van der Waals surface area contributed by atoms with E-state index in [1.54, 1.807) is 24.3 Å². The Kier molecular flexibility index (Phi) is 3.48. The largest absolute Gasteiger partial charge is 0.480 e. The Balaban J connectivity index is 1.88. The van der Waals surface area contributed by atoms with Crippen LogP contribution in [0.1, 0.15) is 11.4 Å². The van der Waals surface area contributed by atoms with Crippen LogP contribution in [0.4, 0.5) is 13.2 Å². The van der Waals surface area contributed by atoms with Gasteiger partial charge in [-0.1, -0.05) is 18.2 Å². The average Bonchev–Trinajstić information content (AvgIpc) is 2.93. The quantitative estimate of drug-likeness (QED) is 0.854. The molecule has 22 heavy (non-hydrogen) atoms. The van der Waals surface area contributed by atoms with Crippen molar-refractivity contribution in [2.45, 2.75) is 25.2 Å². The van der Waals surface area contributed by atoms with Crippen LogP contribution in [0, 0.1) is 17.2 Å². The highest BCUT2D eigenvalue weighted by Crippen LogP contribution is 2.38. The lowest BCUT2D eigenvalue weighted by atomic mass is 9.90. The van der Waals surface area contributed by atoms with Gasteiger partial charge in [0.25, 0.3) is 5.82 Å². The molecule has 114 valence electrons. The fraction of sp³-hybridized carbons (Fsp3) is 0.357. The molecule has 3 rings (SSSR count). The molecule has 0 bridgehead atoms. The van der Waals surface area contributed by atoms with E-state index in [1.807, 2.05) is 0 Å². The lowest BCUT2D eigenvalue weighted by Crippen LogP contribution is -2.46. The number of aromatic nitrogens is 3. The van der Waals surface area contributed by atoms with Gasteiger partial charge in [0.2, 0.25) is 0 Å². The molecule has 1 aliphatic rings. The first kappa shape index (κ1) is 14.4. The molecule has 8 heteroatoms. The normalized spacial score (nSPS) is 20.8. The zero-order chi connectivity index (χ0) is 15.7. The molecule has 0 unspecified atom stereocenters. The molecule has 0 fully saturated rings. The molecule has 0 saturated carbocycles. The summed E-state index contributed by atoms with van der Waals surface area (Å²) in [6, 6.07) is 8.43. The van der Waals surface area contributed by atoms with E-state index >= 15 is 0 Å². The first-order valence-electron chi connectivity index (χ1n) is 6.58. The van der Waals surface area contributed by atoms with Crippen LogP contribution < -0.4 is 4.74 Å². The summed E-state index contributed by atoms with van der Waals surface area (Å²) in [5.74, 6) is -0.638. The second-order valence-corrected chi connectivity index (χ2v) is 5.05. The predicted octanol–water partition coefficient (Wildman–Crippen LogP) is 2.33. The van der Waals surface area contributed by atoms with Gasteiger partial charge in [0.05, 0.1) is 0 Å². The second-order valence-electron chi connectivity index (χ2n) is 5.05. The fourth-order valence-corrected chi connectivity index (χ4v) is 2.58. The van der Waals surface area contributed by atoms with Crippen molar-refractivity contribution < 1.29 is 17.9 Å². The Bertz CT molecular complexity index is 719. The van der Waals surface area contributed by atoms with Crippen molar-refractivity contribution in [3.05, 3.63) is 42.0 Å². The van der Waals surface area contributed by atoms with Crippen LogP contribution in [0.3, 0.4) is 0 Å². The molecular weight excluding hydrogens is 297 g/mol. The zero-order valence-electron chi connectivity index (χ0n) is 11.3. The number of hydrogen-bond acceptors (Lipinski definition) is 4. The molecule has 5 nitrogen and oxygen atoms in total. The predicted molar refractivity (Wildman–Crippen MR) is 68.8 cm³/mol. The van der Waals surface area contributed by atoms with Crippen molar-refractivity contribution in [3.63, 3.8) is 0 Å². The fourth-order valence-electron chi connectivity index (χ4n) is 2.58. The smallest absolute Gasteiger partial charge is 0.425 e. The number of ether oxygens (including phenoxy) is 1. The van der Waals surface area contributed by atoms with E-state index in [2.05, 4.69) is 10.1 Å². The lowest BCUT2D eigenvalue weighted by Gasteiger charge is -2.34. The summed E-state index contributed by atoms with van der Waals surface area (Å²) in [5, 5.41) is 12.5. The molecule has 0 spiro atoms. The minimum atomic E-state index is -4.48. The molecule has 1 aliphatic heterocycles. The van der Waals surface area contributed by atoms with Crippen molar-refractivity contribution >= 4 is 0 Å². The molecule has 2 atom stereocenters. The highest BCUT2D eigenvalue weighted by Gasteiger charge is 2.49. The molecular formula is C14H11F3N4O. The second kappa shape index (κ2) is 5.33. The third-order valence-corrected chi connectivity index (χ3v) is 3.52. The lowest BCUT2D eigenvalue weighted by molar-refractivity contribution is -0.215. The van der Waals surface area contributed by atoms with Gasteiger partial charge in [0.1, 0.15) is 18.1 Å². The minimum absolute atomic E-state index is 0.0206. The third kappa shape index (κ3) is 2.74. The molecule has 0 saturated heterocycles. The first-order valence-corrected chi connectivity index (χ1v) is 6.58. The van der Waals surface area contributed by atoms with Crippen LogP contribution in [0.2, 0.25) is 0 Å². The number of nitriles is 1. The molecule has 1 aromatic heterocycles. The number of alkyl halides is 3. The number of hydrogen-bond donors (Lipinski definition) is 0. The van der Waals surface area contributed by atoms with Gasteiger partial charge in [-0.2, -0.15) is 18.4 Å². The van der Waals surface area contributed by atoms with Crippen LogP contribution in [-0.4, -0.2) is 27.0 Å². The van der Waals surface area contributed by atoms with Gasteiger partial charge in [-0.25, -0.2) is 4.98 Å². The van der Waals surface area contributed by atoms with Gasteiger partial charge < -0.3 is 4.74 Å². The number of halogens is 3. The van der Waals surface area contributed by atoms with Gasteiger partial charge >= 0.3 is 6.18 Å². The van der Waals surface area contributed by atoms with Crippen LogP contribution in [0.25, 0.3) is 0 Å². The molecule has 0 N–H and O–H groups in total. The molecule has 0 amide bonds. The van der Waals surface area contributed by atoms with Crippen molar-refractivity contribution in [2.75, 3.05) is 0 Å². The Labute approximate surface area is 124 Å². The molecule has 0 radical (unpaired) electrons. The summed E-state index contributed by atoms with van der Waals surface area (Å²) < 4.78 is 46.1. The maximum absolute atomic E-state index is 13.2. The SMILES string of the molecule is N#Cc1ncn(C[C@@H]2Cc3ccccc3O[C@H]2C(F)(F)F)n1. The van der Waals surface area contributed by atoms with E-state index in [0.717, 1.165) is 5.56 Å². The van der Waals surface area contributed by atoms with Gasteiger partial charge in [-0.15, -0.1) is 5.10 Å². The minimum Gasteiger partial charge on any atom is -0.480 e.